The van der Waals surface area contributed by atoms with Crippen molar-refractivity contribution in [1.82, 2.24) is 5.32 Å². The van der Waals surface area contributed by atoms with Crippen LogP contribution in [0, 0.1) is 6.92 Å². The van der Waals surface area contributed by atoms with Gasteiger partial charge < -0.3 is 24.8 Å². The molecule has 8 heteroatoms. The topological polar surface area (TPSA) is 85.9 Å². The van der Waals surface area contributed by atoms with E-state index in [4.69, 9.17) is 25.8 Å². The van der Waals surface area contributed by atoms with E-state index in [0.717, 1.165) is 5.56 Å². The van der Waals surface area contributed by atoms with E-state index < -0.39 is 11.8 Å². The average molecular weight is 481 g/mol. The minimum atomic E-state index is -0.525. The summed E-state index contributed by atoms with van der Waals surface area (Å²) in [4.78, 5) is 26.1. The number of carbonyl (C=O) groups is 2. The molecular formula is C26H25ClN2O5. The van der Waals surface area contributed by atoms with Gasteiger partial charge in [0.25, 0.3) is 11.8 Å². The van der Waals surface area contributed by atoms with Crippen molar-refractivity contribution in [3.63, 3.8) is 0 Å². The summed E-state index contributed by atoms with van der Waals surface area (Å²) in [6.45, 7) is 1.84. The van der Waals surface area contributed by atoms with Crippen molar-refractivity contribution < 1.29 is 23.8 Å². The maximum Gasteiger partial charge on any atom is 0.272 e. The number of carbonyl (C=O) groups excluding carboxylic acids is 2. The minimum Gasteiger partial charge on any atom is -0.493 e. The molecule has 0 spiro atoms. The molecule has 0 unspecified atom stereocenters. The van der Waals surface area contributed by atoms with Crippen molar-refractivity contribution >= 4 is 35.2 Å². The summed E-state index contributed by atoms with van der Waals surface area (Å²) in [5, 5.41) is 5.99. The molecule has 3 rings (SSSR count). The lowest BCUT2D eigenvalue weighted by Crippen LogP contribution is -2.30. The van der Waals surface area contributed by atoms with E-state index in [-0.39, 0.29) is 5.70 Å². The van der Waals surface area contributed by atoms with Gasteiger partial charge in [-0.1, -0.05) is 35.9 Å². The van der Waals surface area contributed by atoms with Crippen LogP contribution in [-0.2, 0) is 4.79 Å². The first-order chi connectivity index (χ1) is 16.4. The standard InChI is InChI=1S/C26H25ClN2O5/c1-16-10-11-19(27)15-20(16)28-26(31)21(29-25(30)18-8-6-5-7-9-18)12-17-13-22(32-2)24(34-4)23(14-17)33-3/h5-15H,1-4H3,(H,28,31)(H,29,30). The molecule has 0 saturated carbocycles. The summed E-state index contributed by atoms with van der Waals surface area (Å²) < 4.78 is 16.2. The Bertz CT molecular complexity index is 1200. The van der Waals surface area contributed by atoms with Gasteiger partial charge >= 0.3 is 0 Å². The number of amides is 2. The van der Waals surface area contributed by atoms with Crippen LogP contribution in [0.25, 0.3) is 6.08 Å². The lowest BCUT2D eigenvalue weighted by Gasteiger charge is -2.15. The fraction of sp³-hybridized carbons (Fsp3) is 0.154. The van der Waals surface area contributed by atoms with Crippen LogP contribution in [0.3, 0.4) is 0 Å². The summed E-state index contributed by atoms with van der Waals surface area (Å²) in [6.07, 6.45) is 1.53. The Morgan fingerprint density at radius 2 is 1.53 bits per heavy atom. The second-order valence-electron chi connectivity index (χ2n) is 7.25. The van der Waals surface area contributed by atoms with E-state index in [1.807, 2.05) is 6.92 Å². The molecular weight excluding hydrogens is 456 g/mol. The maximum absolute atomic E-state index is 13.3. The molecule has 0 saturated heterocycles. The van der Waals surface area contributed by atoms with E-state index in [1.54, 1.807) is 60.7 Å². The Morgan fingerprint density at radius 3 is 2.12 bits per heavy atom. The molecule has 2 N–H and O–H groups in total. The molecule has 0 aromatic heterocycles. The molecule has 0 heterocycles. The van der Waals surface area contributed by atoms with Gasteiger partial charge in [0, 0.05) is 16.3 Å². The third kappa shape index (κ3) is 5.88. The molecule has 0 aliphatic carbocycles. The van der Waals surface area contributed by atoms with Crippen LogP contribution in [0.5, 0.6) is 17.2 Å². The van der Waals surface area contributed by atoms with Crippen molar-refractivity contribution in [3.05, 3.63) is 88.1 Å². The zero-order valence-electron chi connectivity index (χ0n) is 19.3. The number of ether oxygens (including phenoxy) is 3. The van der Waals surface area contributed by atoms with Gasteiger partial charge in [-0.25, -0.2) is 0 Å². The average Bonchev–Trinajstić information content (AvgIpc) is 2.85. The number of hydrogen-bond acceptors (Lipinski definition) is 5. The number of benzene rings is 3. The van der Waals surface area contributed by atoms with Gasteiger partial charge in [0.1, 0.15) is 5.70 Å². The zero-order valence-corrected chi connectivity index (χ0v) is 20.0. The SMILES string of the molecule is COc1cc(C=C(NC(=O)c2ccccc2)C(=O)Nc2cc(Cl)ccc2C)cc(OC)c1OC. The van der Waals surface area contributed by atoms with Crippen molar-refractivity contribution in [2.45, 2.75) is 6.92 Å². The summed E-state index contributed by atoms with van der Waals surface area (Å²) in [5.41, 5.74) is 2.32. The van der Waals surface area contributed by atoms with Crippen molar-refractivity contribution in [2.24, 2.45) is 0 Å². The van der Waals surface area contributed by atoms with Gasteiger partial charge in [0.2, 0.25) is 5.75 Å². The highest BCUT2D eigenvalue weighted by Crippen LogP contribution is 2.38. The number of anilines is 1. The van der Waals surface area contributed by atoms with E-state index >= 15 is 0 Å². The molecule has 176 valence electrons. The maximum atomic E-state index is 13.3. The zero-order chi connectivity index (χ0) is 24.7. The second kappa shape index (κ2) is 11.2. The fourth-order valence-electron chi connectivity index (χ4n) is 3.21. The number of halogens is 1. The van der Waals surface area contributed by atoms with Crippen LogP contribution >= 0.6 is 11.6 Å². The lowest BCUT2D eigenvalue weighted by molar-refractivity contribution is -0.113. The van der Waals surface area contributed by atoms with Gasteiger partial charge in [-0.15, -0.1) is 0 Å². The van der Waals surface area contributed by atoms with Crippen molar-refractivity contribution in [2.75, 3.05) is 26.6 Å². The molecule has 7 nitrogen and oxygen atoms in total. The van der Waals surface area contributed by atoms with E-state index in [0.29, 0.717) is 39.1 Å². The van der Waals surface area contributed by atoms with Crippen LogP contribution in [-0.4, -0.2) is 33.1 Å². The van der Waals surface area contributed by atoms with Gasteiger partial charge in [-0.05, 0) is 60.5 Å². The van der Waals surface area contributed by atoms with Gasteiger partial charge in [0.05, 0.1) is 21.3 Å². The van der Waals surface area contributed by atoms with Crippen LogP contribution in [0.1, 0.15) is 21.5 Å². The van der Waals surface area contributed by atoms with E-state index in [2.05, 4.69) is 10.6 Å². The number of nitrogens with one attached hydrogen (secondary N) is 2. The van der Waals surface area contributed by atoms with Crippen LogP contribution < -0.4 is 24.8 Å². The molecule has 0 aliphatic rings. The lowest BCUT2D eigenvalue weighted by atomic mass is 10.1. The van der Waals surface area contributed by atoms with Gasteiger partial charge in [-0.2, -0.15) is 0 Å². The van der Waals surface area contributed by atoms with Crippen LogP contribution in [0.15, 0.2) is 66.4 Å². The molecule has 0 atom stereocenters. The third-order valence-corrected chi connectivity index (χ3v) is 5.21. The predicted octanol–water partition coefficient (Wildman–Crippen LogP) is 5.08. The number of hydrogen-bond donors (Lipinski definition) is 2. The third-order valence-electron chi connectivity index (χ3n) is 4.97. The van der Waals surface area contributed by atoms with Gasteiger partial charge in [-0.3, -0.25) is 9.59 Å². The highest BCUT2D eigenvalue weighted by atomic mass is 35.5. The molecule has 3 aromatic carbocycles. The van der Waals surface area contributed by atoms with Crippen LogP contribution in [0.4, 0.5) is 5.69 Å². The largest absolute Gasteiger partial charge is 0.493 e. The minimum absolute atomic E-state index is 0.0162. The van der Waals surface area contributed by atoms with Crippen molar-refractivity contribution in [1.29, 1.82) is 0 Å². The highest BCUT2D eigenvalue weighted by Gasteiger charge is 2.18. The Balaban J connectivity index is 2.03. The molecule has 2 amide bonds. The first-order valence-electron chi connectivity index (χ1n) is 10.3. The molecule has 3 aromatic rings. The Labute approximate surface area is 203 Å². The molecule has 0 fully saturated rings. The highest BCUT2D eigenvalue weighted by molar-refractivity contribution is 6.31. The Hall–Kier alpha value is -3.97. The summed E-state index contributed by atoms with van der Waals surface area (Å²) in [5.74, 6) is 0.276. The summed E-state index contributed by atoms with van der Waals surface area (Å²) >= 11 is 6.09. The van der Waals surface area contributed by atoms with Gasteiger partial charge in [0.15, 0.2) is 11.5 Å². The molecule has 34 heavy (non-hydrogen) atoms. The van der Waals surface area contributed by atoms with E-state index in [9.17, 15) is 9.59 Å². The molecule has 0 bridgehead atoms. The quantitative estimate of drug-likeness (QED) is 0.439. The summed E-state index contributed by atoms with van der Waals surface area (Å²) in [7, 11) is 4.50. The second-order valence-corrected chi connectivity index (χ2v) is 7.69. The van der Waals surface area contributed by atoms with E-state index in [1.165, 1.54) is 27.4 Å². The molecule has 0 radical (unpaired) electrons. The molecule has 0 aliphatic heterocycles. The first-order valence-corrected chi connectivity index (χ1v) is 10.7. The van der Waals surface area contributed by atoms with Crippen molar-refractivity contribution in [3.8, 4) is 17.2 Å². The summed E-state index contributed by atoms with van der Waals surface area (Å²) in [6, 6.07) is 17.1. The number of methoxy groups -OCH3 is 3. The van der Waals surface area contributed by atoms with Crippen LogP contribution in [0.2, 0.25) is 5.02 Å². The normalized spacial score (nSPS) is 10.9. The fourth-order valence-corrected chi connectivity index (χ4v) is 3.38. The number of aryl methyl sites for hydroxylation is 1. The predicted molar refractivity (Wildman–Crippen MR) is 133 cm³/mol. The monoisotopic (exact) mass is 480 g/mol. The smallest absolute Gasteiger partial charge is 0.272 e. The first kappa shape index (κ1) is 24.7. The Morgan fingerprint density at radius 1 is 0.882 bits per heavy atom. The number of rotatable bonds is 8. The Kier molecular flexibility index (Phi) is 8.16.